The second-order valence-electron chi connectivity index (χ2n) is 4.22. The van der Waals surface area contributed by atoms with Crippen molar-refractivity contribution in [3.8, 4) is 0 Å². The minimum absolute atomic E-state index is 0.266. The number of halogens is 2. The molecule has 4 heteroatoms. The third kappa shape index (κ3) is 3.49. The van der Waals surface area contributed by atoms with Crippen LogP contribution in [-0.2, 0) is 4.79 Å². The number of rotatable bonds is 3. The monoisotopic (exact) mass is 293 g/mol. The van der Waals surface area contributed by atoms with Gasteiger partial charge in [0.15, 0.2) is 0 Å². The van der Waals surface area contributed by atoms with E-state index in [0.717, 1.165) is 11.1 Å². The van der Waals surface area contributed by atoms with Gasteiger partial charge in [-0.05, 0) is 30.2 Å². The van der Waals surface area contributed by atoms with Crippen LogP contribution in [0.5, 0.6) is 0 Å². The fourth-order valence-corrected chi connectivity index (χ4v) is 2.07. The summed E-state index contributed by atoms with van der Waals surface area (Å²) in [7, 11) is 0. The normalized spacial score (nSPS) is 11.9. The molecule has 19 heavy (non-hydrogen) atoms. The molecule has 0 saturated heterocycles. The highest BCUT2D eigenvalue weighted by atomic mass is 35.5. The van der Waals surface area contributed by atoms with E-state index in [-0.39, 0.29) is 5.91 Å². The number of nitrogens with one attached hydrogen (secondary N) is 1. The molecule has 1 N–H and O–H groups in total. The third-order valence-electron chi connectivity index (χ3n) is 2.78. The molecule has 0 aliphatic heterocycles. The van der Waals surface area contributed by atoms with Crippen LogP contribution in [0.2, 0.25) is 5.02 Å². The van der Waals surface area contributed by atoms with Crippen LogP contribution in [-0.4, -0.2) is 5.91 Å². The topological polar surface area (TPSA) is 29.1 Å². The average molecular weight is 294 g/mol. The second-order valence-corrected chi connectivity index (χ2v) is 5.09. The van der Waals surface area contributed by atoms with E-state index in [4.69, 9.17) is 23.2 Å². The van der Waals surface area contributed by atoms with Crippen LogP contribution in [0.1, 0.15) is 16.5 Å². The molecular formula is C15H13Cl2NO. The van der Waals surface area contributed by atoms with Crippen LogP contribution < -0.4 is 5.32 Å². The standard InChI is InChI=1S/C15H13Cl2NO/c1-10-7-8-12(16)9-13(10)18-15(19)14(17)11-5-3-2-4-6-11/h2-9,14H,1H3,(H,18,19). The maximum absolute atomic E-state index is 12.1. The van der Waals surface area contributed by atoms with E-state index in [1.807, 2.05) is 43.3 Å². The number of alkyl halides is 1. The van der Waals surface area contributed by atoms with Crippen LogP contribution >= 0.6 is 23.2 Å². The Kier molecular flexibility index (Phi) is 4.46. The molecule has 2 nitrogen and oxygen atoms in total. The second kappa shape index (κ2) is 6.09. The van der Waals surface area contributed by atoms with E-state index in [1.165, 1.54) is 0 Å². The zero-order valence-corrected chi connectivity index (χ0v) is 11.9. The summed E-state index contributed by atoms with van der Waals surface area (Å²) in [5.41, 5.74) is 2.38. The van der Waals surface area contributed by atoms with E-state index >= 15 is 0 Å². The zero-order chi connectivity index (χ0) is 13.8. The number of anilines is 1. The van der Waals surface area contributed by atoms with Gasteiger partial charge < -0.3 is 5.32 Å². The summed E-state index contributed by atoms with van der Waals surface area (Å²) < 4.78 is 0. The SMILES string of the molecule is Cc1ccc(Cl)cc1NC(=O)C(Cl)c1ccccc1. The zero-order valence-electron chi connectivity index (χ0n) is 10.4. The van der Waals surface area contributed by atoms with Crippen molar-refractivity contribution in [3.05, 3.63) is 64.7 Å². The number of aryl methyl sites for hydroxylation is 1. The Morgan fingerprint density at radius 1 is 1.16 bits per heavy atom. The Hall–Kier alpha value is -1.51. The third-order valence-corrected chi connectivity index (χ3v) is 3.47. The van der Waals surface area contributed by atoms with Gasteiger partial charge in [-0.1, -0.05) is 48.0 Å². The van der Waals surface area contributed by atoms with Crippen LogP contribution in [0.15, 0.2) is 48.5 Å². The summed E-state index contributed by atoms with van der Waals surface area (Å²) in [5, 5.41) is 2.65. The summed E-state index contributed by atoms with van der Waals surface area (Å²) in [5.74, 6) is -0.266. The molecule has 1 atom stereocenters. The molecule has 1 amide bonds. The van der Waals surface area contributed by atoms with Gasteiger partial charge in [-0.3, -0.25) is 4.79 Å². The smallest absolute Gasteiger partial charge is 0.246 e. The summed E-state index contributed by atoms with van der Waals surface area (Å²) in [6.45, 7) is 1.90. The minimum Gasteiger partial charge on any atom is -0.324 e. The fourth-order valence-electron chi connectivity index (χ4n) is 1.70. The Morgan fingerprint density at radius 2 is 1.84 bits per heavy atom. The molecule has 0 bridgehead atoms. The van der Waals surface area contributed by atoms with Crippen molar-refractivity contribution in [1.82, 2.24) is 0 Å². The largest absolute Gasteiger partial charge is 0.324 e. The van der Waals surface area contributed by atoms with Crippen molar-refractivity contribution in [2.45, 2.75) is 12.3 Å². The summed E-state index contributed by atoms with van der Waals surface area (Å²) in [6.07, 6.45) is 0. The van der Waals surface area contributed by atoms with E-state index in [2.05, 4.69) is 5.32 Å². The summed E-state index contributed by atoms with van der Waals surface area (Å²) in [6, 6.07) is 14.6. The summed E-state index contributed by atoms with van der Waals surface area (Å²) in [4.78, 5) is 12.1. The van der Waals surface area contributed by atoms with Gasteiger partial charge >= 0.3 is 0 Å². The van der Waals surface area contributed by atoms with Crippen molar-refractivity contribution < 1.29 is 4.79 Å². The molecule has 0 spiro atoms. The highest BCUT2D eigenvalue weighted by Crippen LogP contribution is 2.25. The predicted octanol–water partition coefficient (Wildman–Crippen LogP) is 4.57. The molecule has 98 valence electrons. The molecule has 0 aliphatic rings. The maximum Gasteiger partial charge on any atom is 0.246 e. The van der Waals surface area contributed by atoms with Gasteiger partial charge in [0, 0.05) is 10.7 Å². The van der Waals surface area contributed by atoms with Crippen LogP contribution in [0.3, 0.4) is 0 Å². The van der Waals surface area contributed by atoms with E-state index in [9.17, 15) is 4.79 Å². The molecule has 0 aliphatic carbocycles. The van der Waals surface area contributed by atoms with Crippen LogP contribution in [0, 0.1) is 6.92 Å². The fraction of sp³-hybridized carbons (Fsp3) is 0.133. The molecular weight excluding hydrogens is 281 g/mol. The lowest BCUT2D eigenvalue weighted by molar-refractivity contribution is -0.116. The molecule has 0 saturated carbocycles. The van der Waals surface area contributed by atoms with Crippen molar-refractivity contribution in [3.63, 3.8) is 0 Å². The molecule has 2 aromatic rings. The number of carbonyl (C=O) groups is 1. The van der Waals surface area contributed by atoms with Gasteiger partial charge in [-0.25, -0.2) is 0 Å². The number of benzene rings is 2. The van der Waals surface area contributed by atoms with Crippen LogP contribution in [0.4, 0.5) is 5.69 Å². The molecule has 0 radical (unpaired) electrons. The minimum atomic E-state index is -0.723. The maximum atomic E-state index is 12.1. The van der Waals surface area contributed by atoms with Crippen molar-refractivity contribution in [2.75, 3.05) is 5.32 Å². The molecule has 0 aromatic heterocycles. The number of carbonyl (C=O) groups excluding carboxylic acids is 1. The van der Waals surface area contributed by atoms with Crippen LogP contribution in [0.25, 0.3) is 0 Å². The first kappa shape index (κ1) is 13.9. The van der Waals surface area contributed by atoms with Gasteiger partial charge in [0.2, 0.25) is 5.91 Å². The molecule has 2 aromatic carbocycles. The average Bonchev–Trinajstić information content (AvgIpc) is 2.43. The van der Waals surface area contributed by atoms with E-state index in [0.29, 0.717) is 10.7 Å². The Labute approximate surface area is 122 Å². The van der Waals surface area contributed by atoms with Crippen molar-refractivity contribution >= 4 is 34.8 Å². The van der Waals surface area contributed by atoms with Gasteiger partial charge in [0.25, 0.3) is 0 Å². The first-order valence-electron chi connectivity index (χ1n) is 5.84. The van der Waals surface area contributed by atoms with Gasteiger partial charge in [-0.2, -0.15) is 0 Å². The van der Waals surface area contributed by atoms with Crippen molar-refractivity contribution in [1.29, 1.82) is 0 Å². The predicted molar refractivity (Wildman–Crippen MR) is 79.9 cm³/mol. The molecule has 2 rings (SSSR count). The Balaban J connectivity index is 2.15. The highest BCUT2D eigenvalue weighted by Gasteiger charge is 2.18. The summed E-state index contributed by atoms with van der Waals surface area (Å²) >= 11 is 12.1. The van der Waals surface area contributed by atoms with Gasteiger partial charge in [0.1, 0.15) is 5.38 Å². The first-order valence-corrected chi connectivity index (χ1v) is 6.65. The Bertz CT molecular complexity index is 584. The first-order chi connectivity index (χ1) is 9.08. The molecule has 1 unspecified atom stereocenters. The highest BCUT2D eigenvalue weighted by molar-refractivity contribution is 6.33. The Morgan fingerprint density at radius 3 is 2.53 bits per heavy atom. The number of hydrogen-bond acceptors (Lipinski definition) is 1. The van der Waals surface area contributed by atoms with E-state index < -0.39 is 5.38 Å². The lowest BCUT2D eigenvalue weighted by Crippen LogP contribution is -2.17. The number of hydrogen-bond donors (Lipinski definition) is 1. The van der Waals surface area contributed by atoms with E-state index in [1.54, 1.807) is 12.1 Å². The lowest BCUT2D eigenvalue weighted by atomic mass is 10.1. The molecule has 0 fully saturated rings. The molecule has 0 heterocycles. The quantitative estimate of drug-likeness (QED) is 0.826. The van der Waals surface area contributed by atoms with Gasteiger partial charge in [-0.15, -0.1) is 11.6 Å². The van der Waals surface area contributed by atoms with Gasteiger partial charge in [0.05, 0.1) is 0 Å². The lowest BCUT2D eigenvalue weighted by Gasteiger charge is -2.12. The van der Waals surface area contributed by atoms with Crippen molar-refractivity contribution in [2.24, 2.45) is 0 Å². The number of amides is 1.